The number of amides is 2. The molecule has 2 amide bonds. The predicted octanol–water partition coefficient (Wildman–Crippen LogP) is 0.971. The average Bonchev–Trinajstić information content (AvgIpc) is 2.38. The van der Waals surface area contributed by atoms with Gasteiger partial charge in [-0.2, -0.15) is 0 Å². The van der Waals surface area contributed by atoms with E-state index in [1.165, 1.54) is 6.07 Å². The molecule has 0 saturated heterocycles. The van der Waals surface area contributed by atoms with Crippen LogP contribution in [-0.4, -0.2) is 43.9 Å². The van der Waals surface area contributed by atoms with E-state index >= 15 is 0 Å². The van der Waals surface area contributed by atoms with E-state index < -0.39 is 23.4 Å². The predicted molar refractivity (Wildman–Crippen MR) is 71.2 cm³/mol. The number of carbonyl (C=O) groups excluding carboxylic acids is 2. The van der Waals surface area contributed by atoms with Gasteiger partial charge >= 0.3 is 11.8 Å². The van der Waals surface area contributed by atoms with E-state index in [1.54, 1.807) is 0 Å². The van der Waals surface area contributed by atoms with Crippen LogP contribution in [0.25, 0.3) is 0 Å². The molecule has 1 aromatic carbocycles. The zero-order valence-corrected chi connectivity index (χ0v) is 11.4. The molecule has 0 aliphatic heterocycles. The lowest BCUT2D eigenvalue weighted by atomic mass is 10.3. The molecule has 0 aliphatic carbocycles. The number of benzene rings is 1. The van der Waals surface area contributed by atoms with E-state index in [0.29, 0.717) is 13.0 Å². The van der Waals surface area contributed by atoms with Gasteiger partial charge in [-0.3, -0.25) is 9.59 Å². The van der Waals surface area contributed by atoms with Crippen LogP contribution in [0.15, 0.2) is 18.2 Å². The third kappa shape index (κ3) is 5.31. The van der Waals surface area contributed by atoms with Gasteiger partial charge in [0.15, 0.2) is 11.6 Å². The second-order valence-electron chi connectivity index (χ2n) is 4.50. The van der Waals surface area contributed by atoms with Crippen molar-refractivity contribution in [3.05, 3.63) is 29.8 Å². The fourth-order valence-corrected chi connectivity index (χ4v) is 1.44. The quantitative estimate of drug-likeness (QED) is 0.626. The van der Waals surface area contributed by atoms with Gasteiger partial charge in [0, 0.05) is 18.3 Å². The Morgan fingerprint density at radius 3 is 2.45 bits per heavy atom. The number of halogens is 2. The van der Waals surface area contributed by atoms with Crippen molar-refractivity contribution in [2.45, 2.75) is 6.42 Å². The summed E-state index contributed by atoms with van der Waals surface area (Å²) in [6.07, 6.45) is 0.706. The summed E-state index contributed by atoms with van der Waals surface area (Å²) >= 11 is 0. The van der Waals surface area contributed by atoms with Gasteiger partial charge in [0.2, 0.25) is 0 Å². The Morgan fingerprint density at radius 1 is 1.15 bits per heavy atom. The topological polar surface area (TPSA) is 61.4 Å². The molecule has 1 rings (SSSR count). The molecule has 0 aliphatic rings. The van der Waals surface area contributed by atoms with Crippen molar-refractivity contribution >= 4 is 17.5 Å². The van der Waals surface area contributed by atoms with Crippen molar-refractivity contribution in [3.8, 4) is 0 Å². The van der Waals surface area contributed by atoms with Gasteiger partial charge in [0.25, 0.3) is 0 Å². The molecule has 0 bridgehead atoms. The lowest BCUT2D eigenvalue weighted by Gasteiger charge is -2.10. The first-order valence-electron chi connectivity index (χ1n) is 6.09. The highest BCUT2D eigenvalue weighted by Crippen LogP contribution is 2.12. The van der Waals surface area contributed by atoms with E-state index in [2.05, 4.69) is 10.6 Å². The molecule has 7 heteroatoms. The highest BCUT2D eigenvalue weighted by molar-refractivity contribution is 6.39. The van der Waals surface area contributed by atoms with Crippen LogP contribution in [0.3, 0.4) is 0 Å². The summed E-state index contributed by atoms with van der Waals surface area (Å²) in [5.41, 5.74) is 0.0253. The molecule has 2 N–H and O–H groups in total. The number of carbonyl (C=O) groups is 2. The van der Waals surface area contributed by atoms with Crippen molar-refractivity contribution in [1.29, 1.82) is 0 Å². The number of nitrogens with one attached hydrogen (secondary N) is 2. The molecule has 0 aromatic heterocycles. The van der Waals surface area contributed by atoms with Gasteiger partial charge in [-0.1, -0.05) is 0 Å². The molecule has 0 radical (unpaired) electrons. The maximum Gasteiger partial charge on any atom is 0.313 e. The minimum Gasteiger partial charge on any atom is -0.348 e. The summed E-state index contributed by atoms with van der Waals surface area (Å²) in [5.74, 6) is -3.83. The molecule has 0 spiro atoms. The average molecular weight is 285 g/mol. The van der Waals surface area contributed by atoms with E-state index in [-0.39, 0.29) is 5.69 Å². The summed E-state index contributed by atoms with van der Waals surface area (Å²) in [6, 6.07) is 2.86. The Morgan fingerprint density at radius 2 is 1.85 bits per heavy atom. The third-order valence-corrected chi connectivity index (χ3v) is 2.45. The third-order valence-electron chi connectivity index (χ3n) is 2.45. The Kier molecular flexibility index (Phi) is 6.05. The number of rotatable bonds is 5. The van der Waals surface area contributed by atoms with Crippen molar-refractivity contribution in [1.82, 2.24) is 10.2 Å². The minimum absolute atomic E-state index is 0.0253. The Balaban J connectivity index is 2.41. The molecule has 0 heterocycles. The smallest absolute Gasteiger partial charge is 0.313 e. The number of anilines is 1. The van der Waals surface area contributed by atoms with E-state index in [0.717, 1.165) is 18.7 Å². The summed E-state index contributed by atoms with van der Waals surface area (Å²) in [6.45, 7) is 1.15. The van der Waals surface area contributed by atoms with E-state index in [1.807, 2.05) is 19.0 Å². The Bertz CT molecular complexity index is 493. The molecular weight excluding hydrogens is 268 g/mol. The molecule has 0 atom stereocenters. The number of hydrogen-bond acceptors (Lipinski definition) is 3. The van der Waals surface area contributed by atoms with Crippen LogP contribution in [0.4, 0.5) is 14.5 Å². The summed E-state index contributed by atoms with van der Waals surface area (Å²) in [4.78, 5) is 24.9. The van der Waals surface area contributed by atoms with Crippen LogP contribution in [0, 0.1) is 11.6 Å². The van der Waals surface area contributed by atoms with Gasteiger partial charge in [-0.25, -0.2) is 8.78 Å². The molecule has 0 fully saturated rings. The first kappa shape index (κ1) is 16.0. The number of hydrogen-bond donors (Lipinski definition) is 2. The fraction of sp³-hybridized carbons (Fsp3) is 0.385. The largest absolute Gasteiger partial charge is 0.348 e. The van der Waals surface area contributed by atoms with E-state index in [9.17, 15) is 18.4 Å². The molecule has 110 valence electrons. The van der Waals surface area contributed by atoms with Gasteiger partial charge in [0.1, 0.15) is 0 Å². The van der Waals surface area contributed by atoms with Gasteiger partial charge < -0.3 is 15.5 Å². The molecule has 5 nitrogen and oxygen atoms in total. The normalized spacial score (nSPS) is 10.4. The van der Waals surface area contributed by atoms with Crippen molar-refractivity contribution < 1.29 is 18.4 Å². The Labute approximate surface area is 115 Å². The van der Waals surface area contributed by atoms with Gasteiger partial charge in [-0.05, 0) is 39.2 Å². The standard InChI is InChI=1S/C13H17F2N3O2/c1-18(2)7-3-6-16-12(19)13(20)17-9-4-5-10(14)11(15)8-9/h4-5,8H,3,6-7H2,1-2H3,(H,16,19)(H,17,20). The van der Waals surface area contributed by atoms with Gasteiger partial charge in [-0.15, -0.1) is 0 Å². The second kappa shape index (κ2) is 7.54. The second-order valence-corrected chi connectivity index (χ2v) is 4.50. The van der Waals surface area contributed by atoms with Crippen LogP contribution in [0.5, 0.6) is 0 Å². The molecule has 0 saturated carbocycles. The van der Waals surface area contributed by atoms with Crippen LogP contribution >= 0.6 is 0 Å². The highest BCUT2D eigenvalue weighted by Gasteiger charge is 2.13. The maximum atomic E-state index is 12.9. The molecular formula is C13H17F2N3O2. The maximum absolute atomic E-state index is 12.9. The molecule has 20 heavy (non-hydrogen) atoms. The fourth-order valence-electron chi connectivity index (χ4n) is 1.44. The summed E-state index contributed by atoms with van der Waals surface area (Å²) < 4.78 is 25.6. The van der Waals surface area contributed by atoms with Crippen LogP contribution in [0.2, 0.25) is 0 Å². The SMILES string of the molecule is CN(C)CCCNC(=O)C(=O)Nc1ccc(F)c(F)c1. The first-order chi connectivity index (χ1) is 9.40. The van der Waals surface area contributed by atoms with Crippen LogP contribution in [-0.2, 0) is 9.59 Å². The number of nitrogens with zero attached hydrogens (tertiary/aromatic N) is 1. The van der Waals surface area contributed by atoms with Crippen LogP contribution < -0.4 is 10.6 Å². The Hall–Kier alpha value is -2.02. The van der Waals surface area contributed by atoms with Crippen molar-refractivity contribution in [2.75, 3.05) is 32.5 Å². The van der Waals surface area contributed by atoms with Crippen molar-refractivity contribution in [2.24, 2.45) is 0 Å². The first-order valence-corrected chi connectivity index (χ1v) is 6.09. The van der Waals surface area contributed by atoms with Crippen LogP contribution in [0.1, 0.15) is 6.42 Å². The summed E-state index contributed by atoms with van der Waals surface area (Å²) in [5, 5.41) is 4.63. The van der Waals surface area contributed by atoms with E-state index in [4.69, 9.17) is 0 Å². The zero-order valence-electron chi connectivity index (χ0n) is 11.4. The van der Waals surface area contributed by atoms with Gasteiger partial charge in [0.05, 0.1) is 0 Å². The summed E-state index contributed by atoms with van der Waals surface area (Å²) in [7, 11) is 3.80. The molecule has 0 unspecified atom stereocenters. The monoisotopic (exact) mass is 285 g/mol. The zero-order chi connectivity index (χ0) is 15.1. The van der Waals surface area contributed by atoms with Crippen molar-refractivity contribution in [3.63, 3.8) is 0 Å². The minimum atomic E-state index is -1.09. The lowest BCUT2D eigenvalue weighted by molar-refractivity contribution is -0.136. The highest BCUT2D eigenvalue weighted by atomic mass is 19.2. The molecule has 1 aromatic rings. The lowest BCUT2D eigenvalue weighted by Crippen LogP contribution is -2.36.